The molecule has 20 heavy (non-hydrogen) atoms. The quantitative estimate of drug-likeness (QED) is 0.766. The van der Waals surface area contributed by atoms with Crippen molar-refractivity contribution in [2.45, 2.75) is 11.0 Å². The maximum atomic E-state index is 12.2. The fourth-order valence-electron chi connectivity index (χ4n) is 1.97. The number of halogens is 1. The van der Waals surface area contributed by atoms with Crippen LogP contribution in [0.4, 0.5) is 5.69 Å². The van der Waals surface area contributed by atoms with Crippen molar-refractivity contribution < 1.29 is 13.2 Å². The van der Waals surface area contributed by atoms with Crippen molar-refractivity contribution in [1.82, 2.24) is 9.62 Å². The second kappa shape index (κ2) is 6.40. The summed E-state index contributed by atoms with van der Waals surface area (Å²) in [6, 6.07) is 4.56. The average Bonchev–Trinajstić information content (AvgIpc) is 2.40. The van der Waals surface area contributed by atoms with E-state index in [1.807, 2.05) is 7.05 Å². The number of hydrogen-bond acceptors (Lipinski definition) is 5. The van der Waals surface area contributed by atoms with Crippen LogP contribution < -0.4 is 10.5 Å². The highest BCUT2D eigenvalue weighted by Gasteiger charge is 2.21. The number of nitrogens with zero attached hydrogens (tertiary/aromatic N) is 1. The fraction of sp³-hybridized carbons (Fsp3) is 0.500. The van der Waals surface area contributed by atoms with Crippen LogP contribution in [0, 0.1) is 0 Å². The summed E-state index contributed by atoms with van der Waals surface area (Å²) < 4.78 is 33.1. The first-order valence-electron chi connectivity index (χ1n) is 6.23. The highest BCUT2D eigenvalue weighted by atomic mass is 79.9. The van der Waals surface area contributed by atoms with Crippen LogP contribution in [0.3, 0.4) is 0 Å². The van der Waals surface area contributed by atoms with Gasteiger partial charge in [-0.05, 0) is 41.2 Å². The van der Waals surface area contributed by atoms with E-state index in [1.165, 1.54) is 12.1 Å². The molecule has 0 spiro atoms. The molecular formula is C12H18BrN3O3S. The number of nitrogens with one attached hydrogen (secondary N) is 1. The van der Waals surface area contributed by atoms with Crippen LogP contribution in [0.5, 0.6) is 0 Å². The Morgan fingerprint density at radius 3 is 2.95 bits per heavy atom. The van der Waals surface area contributed by atoms with E-state index in [2.05, 4.69) is 25.6 Å². The Morgan fingerprint density at radius 1 is 1.55 bits per heavy atom. The van der Waals surface area contributed by atoms with Gasteiger partial charge in [-0.3, -0.25) is 0 Å². The Labute approximate surface area is 127 Å². The molecule has 1 heterocycles. The lowest BCUT2D eigenvalue weighted by atomic mass is 10.3. The molecule has 1 aliphatic heterocycles. The van der Waals surface area contributed by atoms with Gasteiger partial charge < -0.3 is 15.4 Å². The SMILES string of the molecule is CN1CCOC(CNS(=O)(=O)c2ccc(Br)c(N)c2)C1. The molecule has 1 unspecified atom stereocenters. The summed E-state index contributed by atoms with van der Waals surface area (Å²) in [5, 5.41) is 0. The van der Waals surface area contributed by atoms with Crippen LogP contribution >= 0.6 is 15.9 Å². The number of ether oxygens (including phenoxy) is 1. The number of morpholine rings is 1. The van der Waals surface area contributed by atoms with Crippen molar-refractivity contribution >= 4 is 31.6 Å². The molecule has 6 nitrogen and oxygen atoms in total. The number of nitrogen functional groups attached to an aromatic ring is 1. The highest BCUT2D eigenvalue weighted by molar-refractivity contribution is 9.10. The van der Waals surface area contributed by atoms with Crippen LogP contribution in [-0.2, 0) is 14.8 Å². The van der Waals surface area contributed by atoms with Crippen molar-refractivity contribution in [2.75, 3.05) is 39.0 Å². The van der Waals surface area contributed by atoms with Crippen LogP contribution in [-0.4, -0.2) is 52.7 Å². The van der Waals surface area contributed by atoms with Gasteiger partial charge in [-0.25, -0.2) is 13.1 Å². The van der Waals surface area contributed by atoms with Crippen LogP contribution in [0.25, 0.3) is 0 Å². The molecule has 1 fully saturated rings. The van der Waals surface area contributed by atoms with E-state index in [0.717, 1.165) is 6.54 Å². The summed E-state index contributed by atoms with van der Waals surface area (Å²) in [5.41, 5.74) is 6.09. The lowest BCUT2D eigenvalue weighted by molar-refractivity contribution is -0.0156. The van der Waals surface area contributed by atoms with Gasteiger partial charge in [-0.1, -0.05) is 0 Å². The fourth-order valence-corrected chi connectivity index (χ4v) is 3.31. The van der Waals surface area contributed by atoms with Crippen molar-refractivity contribution in [2.24, 2.45) is 0 Å². The molecule has 0 bridgehead atoms. The molecule has 8 heteroatoms. The van der Waals surface area contributed by atoms with E-state index in [4.69, 9.17) is 10.5 Å². The summed E-state index contributed by atoms with van der Waals surface area (Å²) in [7, 11) is -1.58. The first kappa shape index (κ1) is 15.7. The molecule has 112 valence electrons. The maximum absolute atomic E-state index is 12.2. The van der Waals surface area contributed by atoms with Crippen molar-refractivity contribution in [3.05, 3.63) is 22.7 Å². The van der Waals surface area contributed by atoms with Gasteiger partial charge >= 0.3 is 0 Å². The van der Waals surface area contributed by atoms with Crippen LogP contribution in [0.1, 0.15) is 0 Å². The second-order valence-electron chi connectivity index (χ2n) is 4.79. The van der Waals surface area contributed by atoms with Gasteiger partial charge in [-0.2, -0.15) is 0 Å². The summed E-state index contributed by atoms with van der Waals surface area (Å²) in [6.07, 6.45) is -0.128. The second-order valence-corrected chi connectivity index (χ2v) is 7.41. The lowest BCUT2D eigenvalue weighted by Crippen LogP contribution is -2.45. The Hall–Kier alpha value is -0.670. The Balaban J connectivity index is 2.01. The van der Waals surface area contributed by atoms with Gasteiger partial charge in [0.1, 0.15) is 0 Å². The van der Waals surface area contributed by atoms with E-state index >= 15 is 0 Å². The van der Waals surface area contributed by atoms with E-state index in [1.54, 1.807) is 6.07 Å². The first-order chi connectivity index (χ1) is 9.38. The topological polar surface area (TPSA) is 84.7 Å². The summed E-state index contributed by atoms with van der Waals surface area (Å²) in [5.74, 6) is 0. The molecule has 1 aromatic carbocycles. The zero-order valence-electron chi connectivity index (χ0n) is 11.2. The third-order valence-corrected chi connectivity index (χ3v) is 5.26. The minimum atomic E-state index is -3.57. The summed E-state index contributed by atoms with van der Waals surface area (Å²) >= 11 is 3.24. The minimum absolute atomic E-state index is 0.128. The van der Waals surface area contributed by atoms with Crippen molar-refractivity contribution in [1.29, 1.82) is 0 Å². The zero-order chi connectivity index (χ0) is 14.8. The predicted octanol–water partition coefficient (Wildman–Crippen LogP) is 0.640. The van der Waals surface area contributed by atoms with Gasteiger partial charge in [-0.15, -0.1) is 0 Å². The maximum Gasteiger partial charge on any atom is 0.240 e. The molecular weight excluding hydrogens is 346 g/mol. The monoisotopic (exact) mass is 363 g/mol. The summed E-state index contributed by atoms with van der Waals surface area (Å²) in [6.45, 7) is 2.45. The summed E-state index contributed by atoms with van der Waals surface area (Å²) in [4.78, 5) is 2.27. The molecule has 0 radical (unpaired) electrons. The number of rotatable bonds is 4. The van der Waals surface area contributed by atoms with Crippen LogP contribution in [0.2, 0.25) is 0 Å². The van der Waals surface area contributed by atoms with Crippen molar-refractivity contribution in [3.8, 4) is 0 Å². The standard InChI is InChI=1S/C12H18BrN3O3S/c1-16-4-5-19-9(8-16)7-15-20(17,18)10-2-3-11(13)12(14)6-10/h2-3,6,9,15H,4-5,7-8,14H2,1H3. The molecule has 3 N–H and O–H groups in total. The zero-order valence-corrected chi connectivity index (χ0v) is 13.6. The lowest BCUT2D eigenvalue weighted by Gasteiger charge is -2.30. The number of nitrogens with two attached hydrogens (primary N) is 1. The third kappa shape index (κ3) is 3.92. The van der Waals surface area contributed by atoms with Gasteiger partial charge in [0.2, 0.25) is 10.0 Å². The number of hydrogen-bond donors (Lipinski definition) is 2. The number of sulfonamides is 1. The van der Waals surface area contributed by atoms with Gasteiger partial charge in [0, 0.05) is 29.8 Å². The Morgan fingerprint density at radius 2 is 2.30 bits per heavy atom. The predicted molar refractivity (Wildman–Crippen MR) is 81.0 cm³/mol. The van der Waals surface area contributed by atoms with Gasteiger partial charge in [0.15, 0.2) is 0 Å². The molecule has 0 aliphatic carbocycles. The molecule has 1 atom stereocenters. The average molecular weight is 364 g/mol. The number of anilines is 1. The minimum Gasteiger partial charge on any atom is -0.398 e. The first-order valence-corrected chi connectivity index (χ1v) is 8.51. The molecule has 1 aromatic rings. The van der Waals surface area contributed by atoms with Gasteiger partial charge in [0.25, 0.3) is 0 Å². The third-order valence-electron chi connectivity index (χ3n) is 3.12. The molecule has 0 saturated carbocycles. The van der Waals surface area contributed by atoms with E-state index in [9.17, 15) is 8.42 Å². The number of likely N-dealkylation sites (N-methyl/N-ethyl adjacent to an activating group) is 1. The highest BCUT2D eigenvalue weighted by Crippen LogP contribution is 2.22. The molecule has 1 aliphatic rings. The normalized spacial score (nSPS) is 21.0. The van der Waals surface area contributed by atoms with E-state index < -0.39 is 10.0 Å². The van der Waals surface area contributed by atoms with Crippen molar-refractivity contribution in [3.63, 3.8) is 0 Å². The Kier molecular flexibility index (Phi) is 5.03. The molecule has 0 aromatic heterocycles. The Bertz CT molecular complexity index is 579. The largest absolute Gasteiger partial charge is 0.398 e. The molecule has 2 rings (SSSR count). The van der Waals surface area contributed by atoms with E-state index in [0.29, 0.717) is 23.3 Å². The number of benzene rings is 1. The van der Waals surface area contributed by atoms with Gasteiger partial charge in [0.05, 0.1) is 17.6 Å². The van der Waals surface area contributed by atoms with Crippen LogP contribution in [0.15, 0.2) is 27.6 Å². The van der Waals surface area contributed by atoms with E-state index in [-0.39, 0.29) is 17.5 Å². The smallest absolute Gasteiger partial charge is 0.240 e. The molecule has 0 amide bonds. The molecule has 1 saturated heterocycles.